The normalized spacial score (nSPS) is 12.6. The van der Waals surface area contributed by atoms with E-state index in [4.69, 9.17) is 10.6 Å². The van der Waals surface area contributed by atoms with Gasteiger partial charge in [-0.05, 0) is 20.3 Å². The van der Waals surface area contributed by atoms with Crippen LogP contribution in [0.3, 0.4) is 0 Å². The van der Waals surface area contributed by atoms with E-state index >= 15 is 0 Å². The molecule has 1 rings (SSSR count). The highest BCUT2D eigenvalue weighted by atomic mass is 19.1. The number of nitrogen functional groups attached to an aromatic ring is 1. The Hall–Kier alpha value is -1.27. The van der Waals surface area contributed by atoms with Crippen LogP contribution in [-0.2, 0) is 4.74 Å². The van der Waals surface area contributed by atoms with Gasteiger partial charge in [0.2, 0.25) is 0 Å². The Morgan fingerprint density at radius 3 is 2.62 bits per heavy atom. The van der Waals surface area contributed by atoms with Crippen molar-refractivity contribution in [1.29, 1.82) is 0 Å². The van der Waals surface area contributed by atoms with E-state index in [1.807, 2.05) is 13.8 Å². The Labute approximate surface area is 94.2 Å². The molecule has 1 aromatic heterocycles. The standard InChI is InChI=1S/C10H17FN4O/c1-4-7(16-5-2)9-13-6(3)8(11)10(14-9)15-12/h7H,4-5,12H2,1-3H3,(H,13,14,15). The number of ether oxygens (including phenoxy) is 1. The predicted octanol–water partition coefficient (Wildman–Crippen LogP) is 1.70. The van der Waals surface area contributed by atoms with E-state index in [0.717, 1.165) is 6.42 Å². The van der Waals surface area contributed by atoms with Crippen LogP contribution >= 0.6 is 0 Å². The van der Waals surface area contributed by atoms with Crippen LogP contribution in [0.25, 0.3) is 0 Å². The third kappa shape index (κ3) is 2.65. The molecule has 90 valence electrons. The molecule has 0 aromatic carbocycles. The quantitative estimate of drug-likeness (QED) is 0.592. The fourth-order valence-electron chi connectivity index (χ4n) is 1.40. The van der Waals surface area contributed by atoms with Gasteiger partial charge in [-0.25, -0.2) is 20.2 Å². The van der Waals surface area contributed by atoms with E-state index in [2.05, 4.69) is 15.4 Å². The van der Waals surface area contributed by atoms with Gasteiger partial charge in [-0.3, -0.25) is 0 Å². The zero-order valence-electron chi connectivity index (χ0n) is 9.75. The Kier molecular flexibility index (Phi) is 4.57. The summed E-state index contributed by atoms with van der Waals surface area (Å²) in [5.41, 5.74) is 2.48. The van der Waals surface area contributed by atoms with Crippen molar-refractivity contribution in [3.8, 4) is 0 Å². The molecule has 16 heavy (non-hydrogen) atoms. The van der Waals surface area contributed by atoms with Gasteiger partial charge in [0.15, 0.2) is 17.5 Å². The third-order valence-corrected chi connectivity index (χ3v) is 2.20. The molecule has 0 amide bonds. The SMILES string of the molecule is CCOC(CC)c1nc(C)c(F)c(NN)n1. The van der Waals surface area contributed by atoms with Crippen LogP contribution in [0.1, 0.15) is 37.9 Å². The van der Waals surface area contributed by atoms with Gasteiger partial charge in [0.1, 0.15) is 6.10 Å². The Bertz CT molecular complexity index is 359. The summed E-state index contributed by atoms with van der Waals surface area (Å²) >= 11 is 0. The highest BCUT2D eigenvalue weighted by Crippen LogP contribution is 2.21. The summed E-state index contributed by atoms with van der Waals surface area (Å²) < 4.78 is 18.9. The van der Waals surface area contributed by atoms with E-state index in [-0.39, 0.29) is 17.6 Å². The maximum Gasteiger partial charge on any atom is 0.187 e. The second-order valence-electron chi connectivity index (χ2n) is 3.33. The summed E-state index contributed by atoms with van der Waals surface area (Å²) in [4.78, 5) is 8.06. The maximum atomic E-state index is 13.4. The zero-order valence-corrected chi connectivity index (χ0v) is 9.75. The molecule has 0 saturated heterocycles. The highest BCUT2D eigenvalue weighted by molar-refractivity contribution is 5.36. The number of nitrogens with one attached hydrogen (secondary N) is 1. The molecule has 0 aliphatic heterocycles. The predicted molar refractivity (Wildman–Crippen MR) is 59.2 cm³/mol. The van der Waals surface area contributed by atoms with Gasteiger partial charge >= 0.3 is 0 Å². The second-order valence-corrected chi connectivity index (χ2v) is 3.33. The number of nitrogens with zero attached hydrogens (tertiary/aromatic N) is 2. The minimum atomic E-state index is -0.530. The number of anilines is 1. The lowest BCUT2D eigenvalue weighted by atomic mass is 10.2. The van der Waals surface area contributed by atoms with Gasteiger partial charge < -0.3 is 10.2 Å². The average Bonchev–Trinajstić information content (AvgIpc) is 2.29. The lowest BCUT2D eigenvalue weighted by Gasteiger charge is -2.15. The number of hydrazine groups is 1. The van der Waals surface area contributed by atoms with Crippen LogP contribution in [0.5, 0.6) is 0 Å². The Morgan fingerprint density at radius 2 is 2.12 bits per heavy atom. The molecule has 1 aromatic rings. The second kappa shape index (κ2) is 5.72. The molecule has 1 atom stereocenters. The Morgan fingerprint density at radius 1 is 1.44 bits per heavy atom. The molecule has 0 fully saturated rings. The van der Waals surface area contributed by atoms with Crippen molar-refractivity contribution in [2.24, 2.45) is 5.84 Å². The minimum Gasteiger partial charge on any atom is -0.371 e. The van der Waals surface area contributed by atoms with Crippen molar-refractivity contribution >= 4 is 5.82 Å². The smallest absolute Gasteiger partial charge is 0.187 e. The summed E-state index contributed by atoms with van der Waals surface area (Å²) in [6.07, 6.45) is 0.500. The molecular formula is C10H17FN4O. The van der Waals surface area contributed by atoms with Crippen LogP contribution < -0.4 is 11.3 Å². The van der Waals surface area contributed by atoms with Crippen molar-refractivity contribution in [2.75, 3.05) is 12.0 Å². The van der Waals surface area contributed by atoms with Gasteiger partial charge in [-0.1, -0.05) is 6.92 Å². The number of hydrogen-bond donors (Lipinski definition) is 2. The van der Waals surface area contributed by atoms with Crippen molar-refractivity contribution in [3.05, 3.63) is 17.3 Å². The van der Waals surface area contributed by atoms with E-state index in [0.29, 0.717) is 12.4 Å². The lowest BCUT2D eigenvalue weighted by Crippen LogP contribution is -2.16. The van der Waals surface area contributed by atoms with Gasteiger partial charge in [0, 0.05) is 6.61 Å². The van der Waals surface area contributed by atoms with Gasteiger partial charge in [0.05, 0.1) is 5.69 Å². The summed E-state index contributed by atoms with van der Waals surface area (Å²) in [5.74, 6) is 5.11. The number of aromatic nitrogens is 2. The first-order chi connectivity index (χ1) is 7.63. The monoisotopic (exact) mass is 228 g/mol. The lowest BCUT2D eigenvalue weighted by molar-refractivity contribution is 0.0533. The van der Waals surface area contributed by atoms with Crippen molar-refractivity contribution in [2.45, 2.75) is 33.3 Å². The van der Waals surface area contributed by atoms with E-state index in [1.165, 1.54) is 0 Å². The highest BCUT2D eigenvalue weighted by Gasteiger charge is 2.17. The Balaban J connectivity index is 3.08. The van der Waals surface area contributed by atoms with Gasteiger partial charge in [-0.15, -0.1) is 0 Å². The van der Waals surface area contributed by atoms with E-state index < -0.39 is 5.82 Å². The van der Waals surface area contributed by atoms with Crippen molar-refractivity contribution < 1.29 is 9.13 Å². The summed E-state index contributed by atoms with van der Waals surface area (Å²) in [7, 11) is 0. The number of halogens is 1. The first-order valence-electron chi connectivity index (χ1n) is 5.26. The molecule has 1 unspecified atom stereocenters. The first kappa shape index (κ1) is 12.8. The van der Waals surface area contributed by atoms with Gasteiger partial charge in [0.25, 0.3) is 0 Å². The van der Waals surface area contributed by atoms with Crippen LogP contribution in [-0.4, -0.2) is 16.6 Å². The topological polar surface area (TPSA) is 73.1 Å². The van der Waals surface area contributed by atoms with Crippen LogP contribution in [0.2, 0.25) is 0 Å². The molecule has 0 bridgehead atoms. The maximum absolute atomic E-state index is 13.4. The molecule has 5 nitrogen and oxygen atoms in total. The van der Waals surface area contributed by atoms with Gasteiger partial charge in [-0.2, -0.15) is 0 Å². The molecule has 0 radical (unpaired) electrons. The molecule has 3 N–H and O–H groups in total. The summed E-state index contributed by atoms with van der Waals surface area (Å²) in [5, 5.41) is 0. The first-order valence-corrected chi connectivity index (χ1v) is 5.26. The summed E-state index contributed by atoms with van der Waals surface area (Å²) in [6.45, 7) is 5.97. The number of aryl methyl sites for hydroxylation is 1. The molecule has 1 heterocycles. The number of nitrogens with two attached hydrogens (primary N) is 1. The fraction of sp³-hybridized carbons (Fsp3) is 0.600. The van der Waals surface area contributed by atoms with Crippen LogP contribution in [0.15, 0.2) is 0 Å². The van der Waals surface area contributed by atoms with Crippen molar-refractivity contribution in [3.63, 3.8) is 0 Å². The molecule has 6 heteroatoms. The van der Waals surface area contributed by atoms with Crippen LogP contribution in [0, 0.1) is 12.7 Å². The molecule has 0 saturated carbocycles. The van der Waals surface area contributed by atoms with Crippen molar-refractivity contribution in [1.82, 2.24) is 9.97 Å². The zero-order chi connectivity index (χ0) is 12.1. The number of rotatable bonds is 5. The van der Waals surface area contributed by atoms with E-state index in [1.54, 1.807) is 6.92 Å². The average molecular weight is 228 g/mol. The molecule has 0 aliphatic carbocycles. The molecule has 0 spiro atoms. The van der Waals surface area contributed by atoms with Crippen LogP contribution in [0.4, 0.5) is 10.2 Å². The third-order valence-electron chi connectivity index (χ3n) is 2.20. The molecular weight excluding hydrogens is 211 g/mol. The minimum absolute atomic E-state index is 0.000605. The summed E-state index contributed by atoms with van der Waals surface area (Å²) in [6, 6.07) is 0. The van der Waals surface area contributed by atoms with E-state index in [9.17, 15) is 4.39 Å². The largest absolute Gasteiger partial charge is 0.371 e. The number of hydrogen-bond acceptors (Lipinski definition) is 5. The molecule has 0 aliphatic rings. The fourth-order valence-corrected chi connectivity index (χ4v) is 1.40.